The average Bonchev–Trinajstić information content (AvgIpc) is 3.01. The fourth-order valence-electron chi connectivity index (χ4n) is 3.42. The maximum Gasteiger partial charge on any atom is 0.123 e. The minimum absolute atomic E-state index is 0.0116. The van der Waals surface area contributed by atoms with E-state index in [2.05, 4.69) is 0 Å². The minimum atomic E-state index is -0.290. The SMILES string of the molecule is O=CC1CCc2c(-c3ccccc3Cl)nn(-c3ccc(F)cc3)c2C1. The Labute approximate surface area is 150 Å². The number of rotatable bonds is 3. The van der Waals surface area contributed by atoms with Gasteiger partial charge in [-0.15, -0.1) is 0 Å². The Hall–Kier alpha value is -2.46. The summed E-state index contributed by atoms with van der Waals surface area (Å²) >= 11 is 6.38. The number of aromatic nitrogens is 2. The smallest absolute Gasteiger partial charge is 0.123 e. The fraction of sp³-hybridized carbons (Fsp3) is 0.200. The third-order valence-corrected chi connectivity index (χ3v) is 5.03. The van der Waals surface area contributed by atoms with Crippen LogP contribution in [0.25, 0.3) is 16.9 Å². The summed E-state index contributed by atoms with van der Waals surface area (Å²) in [5.41, 5.74) is 4.63. The lowest BCUT2D eigenvalue weighted by molar-refractivity contribution is -0.111. The molecule has 3 nitrogen and oxygen atoms in total. The van der Waals surface area contributed by atoms with E-state index < -0.39 is 0 Å². The highest BCUT2D eigenvalue weighted by Gasteiger charge is 2.27. The zero-order chi connectivity index (χ0) is 17.4. The zero-order valence-corrected chi connectivity index (χ0v) is 14.2. The molecule has 1 aromatic heterocycles. The van der Waals surface area contributed by atoms with E-state index in [1.165, 1.54) is 12.1 Å². The van der Waals surface area contributed by atoms with Crippen LogP contribution >= 0.6 is 11.6 Å². The first kappa shape index (κ1) is 16.0. The van der Waals surface area contributed by atoms with Crippen LogP contribution in [0.15, 0.2) is 48.5 Å². The standard InChI is InChI=1S/C20H16ClFN2O/c21-18-4-2-1-3-16(18)20-17-10-5-13(12-25)11-19(17)24(23-20)15-8-6-14(22)7-9-15/h1-4,6-9,12-13H,5,10-11H2. The van der Waals surface area contributed by atoms with Gasteiger partial charge in [0.25, 0.3) is 0 Å². The van der Waals surface area contributed by atoms with E-state index in [1.54, 1.807) is 12.1 Å². The lowest BCUT2D eigenvalue weighted by Crippen LogP contribution is -2.17. The molecule has 0 saturated carbocycles. The Bertz CT molecular complexity index is 933. The van der Waals surface area contributed by atoms with Crippen molar-refractivity contribution in [3.05, 3.63) is 70.6 Å². The van der Waals surface area contributed by atoms with E-state index in [0.29, 0.717) is 11.4 Å². The van der Waals surface area contributed by atoms with Crippen molar-refractivity contribution in [1.82, 2.24) is 9.78 Å². The number of fused-ring (bicyclic) bond motifs is 1. The molecule has 0 bridgehead atoms. The van der Waals surface area contributed by atoms with Crippen molar-refractivity contribution in [2.75, 3.05) is 0 Å². The van der Waals surface area contributed by atoms with Crippen LogP contribution in [-0.2, 0) is 17.6 Å². The molecule has 126 valence electrons. The molecular formula is C20H16ClFN2O. The highest BCUT2D eigenvalue weighted by molar-refractivity contribution is 6.33. The highest BCUT2D eigenvalue weighted by Crippen LogP contribution is 2.36. The van der Waals surface area contributed by atoms with Crippen LogP contribution < -0.4 is 0 Å². The molecule has 2 aromatic carbocycles. The second-order valence-electron chi connectivity index (χ2n) is 6.28. The molecular weight excluding hydrogens is 339 g/mol. The Morgan fingerprint density at radius 1 is 1.16 bits per heavy atom. The van der Waals surface area contributed by atoms with Crippen LogP contribution in [0.3, 0.4) is 0 Å². The summed E-state index contributed by atoms with van der Waals surface area (Å²) in [4.78, 5) is 11.3. The van der Waals surface area contributed by atoms with E-state index in [1.807, 2.05) is 28.9 Å². The van der Waals surface area contributed by atoms with Crippen LogP contribution in [0.5, 0.6) is 0 Å². The van der Waals surface area contributed by atoms with Crippen LogP contribution in [0.2, 0.25) is 5.02 Å². The first-order valence-electron chi connectivity index (χ1n) is 8.24. The lowest BCUT2D eigenvalue weighted by atomic mass is 9.86. The second-order valence-corrected chi connectivity index (χ2v) is 6.69. The van der Waals surface area contributed by atoms with E-state index in [9.17, 15) is 9.18 Å². The van der Waals surface area contributed by atoms with Crippen molar-refractivity contribution >= 4 is 17.9 Å². The van der Waals surface area contributed by atoms with Gasteiger partial charge in [0.2, 0.25) is 0 Å². The number of nitrogens with zero attached hydrogens (tertiary/aromatic N) is 2. The van der Waals surface area contributed by atoms with Crippen LogP contribution in [0.1, 0.15) is 17.7 Å². The highest BCUT2D eigenvalue weighted by atomic mass is 35.5. The summed E-state index contributed by atoms with van der Waals surface area (Å²) in [7, 11) is 0. The van der Waals surface area contributed by atoms with E-state index in [-0.39, 0.29) is 11.7 Å². The zero-order valence-electron chi connectivity index (χ0n) is 13.5. The molecule has 0 radical (unpaired) electrons. The number of aldehydes is 1. The van der Waals surface area contributed by atoms with Gasteiger partial charge in [-0.2, -0.15) is 5.10 Å². The van der Waals surface area contributed by atoms with Crippen molar-refractivity contribution in [1.29, 1.82) is 0 Å². The van der Waals surface area contributed by atoms with Gasteiger partial charge in [0, 0.05) is 22.7 Å². The normalized spacial score (nSPS) is 16.5. The summed E-state index contributed by atoms with van der Waals surface area (Å²) in [5, 5.41) is 5.43. The molecule has 0 spiro atoms. The minimum Gasteiger partial charge on any atom is -0.303 e. The molecule has 1 aliphatic rings. The van der Waals surface area contributed by atoms with Gasteiger partial charge < -0.3 is 4.79 Å². The first-order valence-corrected chi connectivity index (χ1v) is 8.62. The number of halogens is 2. The number of carbonyl (C=O) groups excluding carboxylic acids is 1. The fourth-order valence-corrected chi connectivity index (χ4v) is 3.64. The van der Waals surface area contributed by atoms with Gasteiger partial charge in [0.1, 0.15) is 12.1 Å². The number of carbonyl (C=O) groups is 1. The van der Waals surface area contributed by atoms with E-state index in [0.717, 1.165) is 47.3 Å². The Morgan fingerprint density at radius 3 is 2.64 bits per heavy atom. The van der Waals surface area contributed by atoms with Gasteiger partial charge in [0.05, 0.1) is 16.4 Å². The quantitative estimate of drug-likeness (QED) is 0.642. The van der Waals surface area contributed by atoms with Crippen molar-refractivity contribution in [2.24, 2.45) is 5.92 Å². The molecule has 3 aromatic rings. The number of hydrogen-bond donors (Lipinski definition) is 0. The third-order valence-electron chi connectivity index (χ3n) is 4.70. The number of benzene rings is 2. The van der Waals surface area contributed by atoms with Crippen molar-refractivity contribution in [3.63, 3.8) is 0 Å². The van der Waals surface area contributed by atoms with E-state index >= 15 is 0 Å². The predicted octanol–water partition coefficient (Wildman–Crippen LogP) is 4.64. The maximum absolute atomic E-state index is 13.3. The molecule has 0 saturated heterocycles. The molecule has 25 heavy (non-hydrogen) atoms. The topological polar surface area (TPSA) is 34.9 Å². The van der Waals surface area contributed by atoms with Gasteiger partial charge >= 0.3 is 0 Å². The summed E-state index contributed by atoms with van der Waals surface area (Å²) < 4.78 is 15.1. The largest absolute Gasteiger partial charge is 0.303 e. The monoisotopic (exact) mass is 354 g/mol. The molecule has 1 atom stereocenters. The Kier molecular flexibility index (Phi) is 4.14. The van der Waals surface area contributed by atoms with Gasteiger partial charge in [0.15, 0.2) is 0 Å². The van der Waals surface area contributed by atoms with Crippen molar-refractivity contribution < 1.29 is 9.18 Å². The molecule has 1 aliphatic carbocycles. The Morgan fingerprint density at radius 2 is 1.92 bits per heavy atom. The molecule has 1 heterocycles. The van der Waals surface area contributed by atoms with Crippen molar-refractivity contribution in [3.8, 4) is 16.9 Å². The molecule has 0 N–H and O–H groups in total. The van der Waals surface area contributed by atoms with Crippen LogP contribution in [-0.4, -0.2) is 16.1 Å². The second kappa shape index (κ2) is 6.45. The maximum atomic E-state index is 13.3. The molecule has 0 amide bonds. The summed E-state index contributed by atoms with van der Waals surface area (Å²) in [6, 6.07) is 13.8. The average molecular weight is 355 g/mol. The van der Waals surface area contributed by atoms with Gasteiger partial charge in [-0.25, -0.2) is 9.07 Å². The van der Waals surface area contributed by atoms with Gasteiger partial charge in [-0.05, 0) is 49.6 Å². The summed E-state index contributed by atoms with van der Waals surface area (Å²) in [6.07, 6.45) is 3.23. The van der Waals surface area contributed by atoms with Gasteiger partial charge in [-0.1, -0.05) is 29.8 Å². The molecule has 4 rings (SSSR count). The molecule has 5 heteroatoms. The number of hydrogen-bond acceptors (Lipinski definition) is 2. The predicted molar refractivity (Wildman–Crippen MR) is 95.5 cm³/mol. The Balaban J connectivity index is 1.91. The lowest BCUT2D eigenvalue weighted by Gasteiger charge is -2.19. The molecule has 1 unspecified atom stereocenters. The molecule has 0 fully saturated rings. The van der Waals surface area contributed by atoms with E-state index in [4.69, 9.17) is 16.7 Å². The van der Waals surface area contributed by atoms with Gasteiger partial charge in [-0.3, -0.25) is 0 Å². The first-order chi connectivity index (χ1) is 12.2. The van der Waals surface area contributed by atoms with Crippen LogP contribution in [0.4, 0.5) is 4.39 Å². The van der Waals surface area contributed by atoms with Crippen molar-refractivity contribution in [2.45, 2.75) is 19.3 Å². The third kappa shape index (κ3) is 2.87. The van der Waals surface area contributed by atoms with Crippen LogP contribution in [0, 0.1) is 11.7 Å². The molecule has 0 aliphatic heterocycles. The summed E-state index contributed by atoms with van der Waals surface area (Å²) in [6.45, 7) is 0. The summed E-state index contributed by atoms with van der Waals surface area (Å²) in [5.74, 6) is -0.302.